The Labute approximate surface area is 171 Å². The van der Waals surface area contributed by atoms with E-state index in [2.05, 4.69) is 0 Å². The van der Waals surface area contributed by atoms with E-state index in [4.69, 9.17) is 4.74 Å². The van der Waals surface area contributed by atoms with Gasteiger partial charge in [0.25, 0.3) is 0 Å². The van der Waals surface area contributed by atoms with Crippen molar-refractivity contribution in [1.29, 1.82) is 0 Å². The number of cyclic esters (lactones) is 1. The van der Waals surface area contributed by atoms with Crippen molar-refractivity contribution in [2.75, 3.05) is 0 Å². The summed E-state index contributed by atoms with van der Waals surface area (Å²) in [6.45, 7) is 0. The van der Waals surface area contributed by atoms with Crippen LogP contribution in [0.2, 0.25) is 0 Å². The van der Waals surface area contributed by atoms with Crippen molar-refractivity contribution in [3.05, 3.63) is 71.0 Å². The fourth-order valence-corrected chi connectivity index (χ4v) is 3.25. The molecular weight excluding hydrogens is 429 g/mol. The van der Waals surface area contributed by atoms with Gasteiger partial charge in [0.1, 0.15) is 5.82 Å². The largest absolute Gasteiger partial charge is 0.465 e. The van der Waals surface area contributed by atoms with Gasteiger partial charge < -0.3 is 9.84 Å². The summed E-state index contributed by atoms with van der Waals surface area (Å²) >= 11 is 0. The first-order chi connectivity index (χ1) is 14.5. The molecule has 0 saturated carbocycles. The number of halogens is 5. The maximum absolute atomic E-state index is 13.4. The molecule has 3 rings (SSSR count). The van der Waals surface area contributed by atoms with E-state index in [9.17, 15) is 41.4 Å². The van der Waals surface area contributed by atoms with Crippen molar-refractivity contribution in [3.8, 4) is 0 Å². The molecule has 2 aromatic rings. The number of amides is 2. The number of carboxylic acid groups (broad SMARTS) is 1. The molecule has 2 unspecified atom stereocenters. The Morgan fingerprint density at radius 1 is 1.13 bits per heavy atom. The van der Waals surface area contributed by atoms with Crippen molar-refractivity contribution < 1.29 is 46.2 Å². The van der Waals surface area contributed by atoms with Gasteiger partial charge in [-0.15, -0.1) is 0 Å². The Morgan fingerprint density at radius 2 is 1.77 bits per heavy atom. The Balaban J connectivity index is 1.94. The fourth-order valence-electron chi connectivity index (χ4n) is 3.25. The zero-order valence-electron chi connectivity index (χ0n) is 15.5. The smallest absolute Gasteiger partial charge is 0.420 e. The molecule has 2 aromatic carbocycles. The number of rotatable bonds is 6. The predicted octanol–water partition coefficient (Wildman–Crippen LogP) is 4.69. The molecule has 1 N–H and O–H groups in total. The van der Waals surface area contributed by atoms with E-state index in [0.717, 1.165) is 24.3 Å². The lowest BCUT2D eigenvalue weighted by molar-refractivity contribution is -0.0958. The summed E-state index contributed by atoms with van der Waals surface area (Å²) in [4.78, 5) is 35.8. The zero-order chi connectivity index (χ0) is 22.9. The highest BCUT2D eigenvalue weighted by molar-refractivity contribution is 6.01. The maximum atomic E-state index is 13.4. The number of nitrogens with zero attached hydrogens (tertiary/aromatic N) is 1. The minimum absolute atomic E-state index is 0.123. The molecule has 6 nitrogen and oxygen atoms in total. The zero-order valence-corrected chi connectivity index (χ0v) is 15.5. The Bertz CT molecular complexity index is 1010. The van der Waals surface area contributed by atoms with Crippen LogP contribution in [0.4, 0.5) is 31.5 Å². The highest BCUT2D eigenvalue weighted by Crippen LogP contribution is 2.35. The molecule has 1 fully saturated rings. The summed E-state index contributed by atoms with van der Waals surface area (Å²) in [7, 11) is 0. The van der Waals surface area contributed by atoms with E-state index in [0.29, 0.717) is 4.90 Å². The topological polar surface area (TPSA) is 83.9 Å². The van der Waals surface area contributed by atoms with Crippen LogP contribution in [0.25, 0.3) is 0 Å². The van der Waals surface area contributed by atoms with E-state index < -0.39 is 53.8 Å². The number of imide groups is 1. The third kappa shape index (κ3) is 4.35. The molecule has 0 aliphatic carbocycles. The second-order valence-corrected chi connectivity index (χ2v) is 6.73. The Kier molecular flexibility index (Phi) is 5.96. The van der Waals surface area contributed by atoms with Gasteiger partial charge in [0.15, 0.2) is 6.10 Å². The van der Waals surface area contributed by atoms with E-state index in [1.807, 2.05) is 0 Å². The number of alkyl halides is 4. The van der Waals surface area contributed by atoms with Crippen molar-refractivity contribution in [2.45, 2.75) is 30.9 Å². The molecule has 164 valence electrons. The molecule has 1 saturated heterocycles. The summed E-state index contributed by atoms with van der Waals surface area (Å²) in [5, 5.41) is 9.38. The molecule has 0 aromatic heterocycles. The third-order valence-electron chi connectivity index (χ3n) is 4.72. The van der Waals surface area contributed by atoms with Crippen LogP contribution in [-0.2, 0) is 11.2 Å². The van der Waals surface area contributed by atoms with Gasteiger partial charge in [-0.05, 0) is 35.7 Å². The lowest BCUT2D eigenvalue weighted by Crippen LogP contribution is -2.40. The van der Waals surface area contributed by atoms with Crippen LogP contribution < -0.4 is 0 Å². The van der Waals surface area contributed by atoms with Crippen LogP contribution in [0, 0.1) is 5.82 Å². The number of carbonyl (C=O) groups is 3. The minimum Gasteiger partial charge on any atom is -0.465 e. The summed E-state index contributed by atoms with van der Waals surface area (Å²) in [6, 6.07) is 7.90. The molecule has 1 aliphatic rings. The third-order valence-corrected chi connectivity index (χ3v) is 4.72. The number of benzene rings is 2. The second-order valence-electron chi connectivity index (χ2n) is 6.73. The molecule has 0 spiro atoms. The van der Waals surface area contributed by atoms with Crippen molar-refractivity contribution in [1.82, 2.24) is 4.90 Å². The number of Topliss-reactive ketones (excluding diaryl/α,β-unsaturated/α-hetero) is 1. The van der Waals surface area contributed by atoms with Crippen LogP contribution in [0.15, 0.2) is 48.5 Å². The van der Waals surface area contributed by atoms with Crippen molar-refractivity contribution in [2.24, 2.45) is 0 Å². The first-order valence-corrected chi connectivity index (χ1v) is 8.80. The Morgan fingerprint density at radius 3 is 2.35 bits per heavy atom. The van der Waals surface area contributed by atoms with Gasteiger partial charge in [-0.3, -0.25) is 4.79 Å². The SMILES string of the molecule is O=C(O)N1C(=O)OC(c2ccc(F)cc2)C1Cc1cccc(C(=O)C(F)(F)C(F)F)c1. The van der Waals surface area contributed by atoms with Gasteiger partial charge >= 0.3 is 24.5 Å². The van der Waals surface area contributed by atoms with Gasteiger partial charge in [0, 0.05) is 5.56 Å². The van der Waals surface area contributed by atoms with Crippen LogP contribution in [-0.4, -0.2) is 46.4 Å². The fraction of sp³-hybridized carbons (Fsp3) is 0.250. The molecular formula is C20H14F5NO5. The van der Waals surface area contributed by atoms with Gasteiger partial charge in [-0.25, -0.2) is 27.7 Å². The molecule has 2 amide bonds. The molecule has 1 heterocycles. The van der Waals surface area contributed by atoms with Crippen LogP contribution >= 0.6 is 0 Å². The average Bonchev–Trinajstić information content (AvgIpc) is 3.04. The standard InChI is InChI=1S/C20H14F5NO5/c21-13-6-4-11(5-7-13)15-14(26(18(28)29)19(30)31-15)9-10-2-1-3-12(8-10)16(27)20(24,25)17(22)23/h1-8,14-15,17H,9H2,(H,28,29). The first kappa shape index (κ1) is 22.2. The number of ether oxygens (including phenoxy) is 1. The molecule has 0 radical (unpaired) electrons. The first-order valence-electron chi connectivity index (χ1n) is 8.80. The minimum atomic E-state index is -4.89. The van der Waals surface area contributed by atoms with Gasteiger partial charge in [-0.2, -0.15) is 8.78 Å². The molecule has 2 atom stereocenters. The molecule has 11 heteroatoms. The molecule has 0 bridgehead atoms. The summed E-state index contributed by atoms with van der Waals surface area (Å²) < 4.78 is 70.2. The van der Waals surface area contributed by atoms with Crippen LogP contribution in [0.3, 0.4) is 0 Å². The second kappa shape index (κ2) is 8.32. The van der Waals surface area contributed by atoms with Gasteiger partial charge in [0.05, 0.1) is 6.04 Å². The van der Waals surface area contributed by atoms with Gasteiger partial charge in [-0.1, -0.05) is 30.3 Å². The summed E-state index contributed by atoms with van der Waals surface area (Å²) in [5.41, 5.74) is -0.300. The average molecular weight is 443 g/mol. The summed E-state index contributed by atoms with van der Waals surface area (Å²) in [6.07, 6.45) is -8.46. The van der Waals surface area contributed by atoms with E-state index in [1.54, 1.807) is 0 Å². The van der Waals surface area contributed by atoms with E-state index >= 15 is 0 Å². The molecule has 1 aliphatic heterocycles. The monoisotopic (exact) mass is 443 g/mol. The number of ketones is 1. The van der Waals surface area contributed by atoms with Gasteiger partial charge in [0.2, 0.25) is 5.78 Å². The normalized spacial score (nSPS) is 18.9. The lowest BCUT2D eigenvalue weighted by Gasteiger charge is -2.22. The highest BCUT2D eigenvalue weighted by atomic mass is 19.3. The van der Waals surface area contributed by atoms with E-state index in [1.165, 1.54) is 24.3 Å². The van der Waals surface area contributed by atoms with Crippen molar-refractivity contribution in [3.63, 3.8) is 0 Å². The number of carbonyl (C=O) groups excluding carboxylic acids is 2. The predicted molar refractivity (Wildman–Crippen MR) is 94.7 cm³/mol. The summed E-state index contributed by atoms with van der Waals surface area (Å²) in [5.74, 6) is -7.56. The number of hydrogen-bond acceptors (Lipinski definition) is 4. The number of hydrogen-bond donors (Lipinski definition) is 1. The Hall–Kier alpha value is -3.50. The quantitative estimate of drug-likeness (QED) is 0.517. The van der Waals surface area contributed by atoms with Crippen LogP contribution in [0.5, 0.6) is 0 Å². The van der Waals surface area contributed by atoms with Crippen molar-refractivity contribution >= 4 is 18.0 Å². The molecule has 31 heavy (non-hydrogen) atoms. The van der Waals surface area contributed by atoms with E-state index in [-0.39, 0.29) is 17.5 Å². The maximum Gasteiger partial charge on any atom is 0.420 e. The van der Waals surface area contributed by atoms with Crippen LogP contribution in [0.1, 0.15) is 27.6 Å². The lowest BCUT2D eigenvalue weighted by atomic mass is 9.94. The highest BCUT2D eigenvalue weighted by Gasteiger charge is 2.49.